The lowest BCUT2D eigenvalue weighted by molar-refractivity contribution is -0.00428. The second-order valence-corrected chi connectivity index (χ2v) is 7.18. The van der Waals surface area contributed by atoms with Crippen LogP contribution in [0.5, 0.6) is 0 Å². The van der Waals surface area contributed by atoms with Gasteiger partial charge in [0.05, 0.1) is 6.04 Å². The third-order valence-electron chi connectivity index (χ3n) is 5.50. The van der Waals surface area contributed by atoms with Crippen LogP contribution >= 0.6 is 0 Å². The molecule has 0 bridgehead atoms. The van der Waals surface area contributed by atoms with Gasteiger partial charge in [-0.2, -0.15) is 0 Å². The first-order valence-electron chi connectivity index (χ1n) is 9.16. The number of fused-ring (bicyclic) bond motifs is 1. The number of hydrogen-bond donors (Lipinski definition) is 1. The van der Waals surface area contributed by atoms with Gasteiger partial charge in [0.15, 0.2) is 0 Å². The van der Waals surface area contributed by atoms with Crippen LogP contribution in [0.3, 0.4) is 0 Å². The van der Waals surface area contributed by atoms with E-state index in [1.165, 1.54) is 17.7 Å². The van der Waals surface area contributed by atoms with E-state index < -0.39 is 0 Å². The molecule has 0 saturated heterocycles. The maximum absolute atomic E-state index is 13.4. The van der Waals surface area contributed by atoms with Crippen molar-refractivity contribution in [2.75, 3.05) is 13.1 Å². The summed E-state index contributed by atoms with van der Waals surface area (Å²) >= 11 is 0. The number of nitrogens with zero attached hydrogens (tertiary/aromatic N) is 1. The van der Waals surface area contributed by atoms with Crippen LogP contribution in [0.4, 0.5) is 9.18 Å². The largest absolute Gasteiger partial charge is 0.446 e. The lowest BCUT2D eigenvalue weighted by Crippen LogP contribution is -2.45. The number of carbonyl (C=O) groups excluding carboxylic acids is 1. The fourth-order valence-corrected chi connectivity index (χ4v) is 3.94. The van der Waals surface area contributed by atoms with Crippen molar-refractivity contribution in [2.45, 2.75) is 31.4 Å². The third-order valence-corrected chi connectivity index (χ3v) is 5.50. The number of carbonyl (C=O) groups is 1. The van der Waals surface area contributed by atoms with E-state index in [-0.39, 0.29) is 24.1 Å². The first-order valence-corrected chi connectivity index (χ1v) is 9.16. The molecule has 26 heavy (non-hydrogen) atoms. The number of halogens is 1. The highest BCUT2D eigenvalue weighted by atomic mass is 19.1. The Morgan fingerprint density at radius 2 is 1.88 bits per heavy atom. The molecule has 1 fully saturated rings. The van der Waals surface area contributed by atoms with Crippen LogP contribution < -0.4 is 5.73 Å². The molecule has 1 saturated carbocycles. The van der Waals surface area contributed by atoms with E-state index in [0.29, 0.717) is 19.0 Å². The predicted molar refractivity (Wildman–Crippen MR) is 97.1 cm³/mol. The van der Waals surface area contributed by atoms with Gasteiger partial charge in [0.1, 0.15) is 11.9 Å². The number of nitrogens with two attached hydrogens (primary N) is 1. The molecular formula is C21H23FN2O2. The zero-order valence-corrected chi connectivity index (χ0v) is 14.6. The second kappa shape index (κ2) is 7.08. The first kappa shape index (κ1) is 17.0. The fourth-order valence-electron chi connectivity index (χ4n) is 3.94. The molecule has 0 unspecified atom stereocenters. The Morgan fingerprint density at radius 3 is 2.62 bits per heavy atom. The van der Waals surface area contributed by atoms with Gasteiger partial charge in [-0.05, 0) is 60.5 Å². The molecule has 1 heterocycles. The molecule has 1 aliphatic carbocycles. The van der Waals surface area contributed by atoms with Crippen molar-refractivity contribution < 1.29 is 13.9 Å². The average Bonchev–Trinajstić information content (AvgIpc) is 2.64. The van der Waals surface area contributed by atoms with Gasteiger partial charge in [-0.15, -0.1) is 0 Å². The van der Waals surface area contributed by atoms with Crippen LogP contribution in [0, 0.1) is 11.7 Å². The van der Waals surface area contributed by atoms with Crippen LogP contribution in [0.1, 0.15) is 35.6 Å². The van der Waals surface area contributed by atoms with Crippen LogP contribution in [0.25, 0.3) is 0 Å². The van der Waals surface area contributed by atoms with Crippen molar-refractivity contribution in [3.8, 4) is 0 Å². The summed E-state index contributed by atoms with van der Waals surface area (Å²) in [5.41, 5.74) is 8.84. The van der Waals surface area contributed by atoms with E-state index in [9.17, 15) is 9.18 Å². The molecule has 5 heteroatoms. The summed E-state index contributed by atoms with van der Waals surface area (Å²) in [6.07, 6.45) is 2.14. The summed E-state index contributed by atoms with van der Waals surface area (Å²) in [7, 11) is 0. The molecule has 0 aromatic heterocycles. The maximum Gasteiger partial charge on any atom is 0.410 e. The maximum atomic E-state index is 13.4. The van der Waals surface area contributed by atoms with Crippen molar-refractivity contribution >= 4 is 6.09 Å². The quantitative estimate of drug-likeness (QED) is 0.915. The van der Waals surface area contributed by atoms with Crippen molar-refractivity contribution in [1.82, 2.24) is 4.90 Å². The van der Waals surface area contributed by atoms with E-state index in [2.05, 4.69) is 6.07 Å². The van der Waals surface area contributed by atoms with E-state index >= 15 is 0 Å². The van der Waals surface area contributed by atoms with Crippen molar-refractivity contribution in [3.05, 3.63) is 71.0 Å². The van der Waals surface area contributed by atoms with Gasteiger partial charge in [-0.25, -0.2) is 9.18 Å². The smallest absolute Gasteiger partial charge is 0.410 e. The molecule has 2 aromatic carbocycles. The summed E-state index contributed by atoms with van der Waals surface area (Å²) < 4.78 is 19.1. The Hall–Kier alpha value is -2.40. The molecule has 2 aliphatic rings. The van der Waals surface area contributed by atoms with E-state index in [1.807, 2.05) is 18.2 Å². The van der Waals surface area contributed by atoms with Crippen LogP contribution in [-0.2, 0) is 11.2 Å². The number of ether oxygens (including phenoxy) is 1. The van der Waals surface area contributed by atoms with Crippen molar-refractivity contribution in [3.63, 3.8) is 0 Å². The average molecular weight is 354 g/mol. The topological polar surface area (TPSA) is 55.6 Å². The molecule has 4 rings (SSSR count). The number of amides is 1. The molecule has 0 radical (unpaired) electrons. The summed E-state index contributed by atoms with van der Waals surface area (Å²) in [6, 6.07) is 14.2. The Morgan fingerprint density at radius 1 is 1.15 bits per heavy atom. The summed E-state index contributed by atoms with van der Waals surface area (Å²) in [5, 5.41) is 0. The molecular weight excluding hydrogens is 331 g/mol. The SMILES string of the molecule is NC[C@H]1C[C@@H](OC(=O)N2CCc3ccccc3[C@@H]2c2ccc(F)cc2)C1. The third kappa shape index (κ3) is 3.19. The Bertz CT molecular complexity index is 787. The minimum absolute atomic E-state index is 0.0397. The molecule has 1 aliphatic heterocycles. The minimum atomic E-state index is -0.297. The highest BCUT2D eigenvalue weighted by molar-refractivity contribution is 5.70. The van der Waals surface area contributed by atoms with Gasteiger partial charge >= 0.3 is 6.09 Å². The molecule has 2 aromatic rings. The fraction of sp³-hybridized carbons (Fsp3) is 0.381. The molecule has 136 valence electrons. The van der Waals surface area contributed by atoms with E-state index in [4.69, 9.17) is 10.5 Å². The first-order chi connectivity index (χ1) is 12.7. The summed E-state index contributed by atoms with van der Waals surface area (Å²) in [6.45, 7) is 1.23. The van der Waals surface area contributed by atoms with Gasteiger partial charge in [0.2, 0.25) is 0 Å². The van der Waals surface area contributed by atoms with E-state index in [1.54, 1.807) is 17.0 Å². The minimum Gasteiger partial charge on any atom is -0.446 e. The normalized spacial score (nSPS) is 24.5. The Labute approximate surface area is 152 Å². The lowest BCUT2D eigenvalue weighted by atomic mass is 9.82. The zero-order valence-electron chi connectivity index (χ0n) is 14.6. The Kier molecular flexibility index (Phi) is 4.64. The van der Waals surface area contributed by atoms with Crippen LogP contribution in [0.2, 0.25) is 0 Å². The molecule has 4 nitrogen and oxygen atoms in total. The van der Waals surface area contributed by atoms with Crippen molar-refractivity contribution in [2.24, 2.45) is 11.7 Å². The van der Waals surface area contributed by atoms with Gasteiger partial charge < -0.3 is 10.5 Å². The highest BCUT2D eigenvalue weighted by Crippen LogP contribution is 2.37. The molecule has 1 amide bonds. The predicted octanol–water partition coefficient (Wildman–Crippen LogP) is 3.65. The number of hydrogen-bond acceptors (Lipinski definition) is 3. The summed E-state index contributed by atoms with van der Waals surface area (Å²) in [5.74, 6) is 0.178. The number of rotatable bonds is 3. The Balaban J connectivity index is 1.60. The molecule has 0 spiro atoms. The van der Waals surface area contributed by atoms with Gasteiger partial charge in [-0.1, -0.05) is 36.4 Å². The highest BCUT2D eigenvalue weighted by Gasteiger charge is 2.37. The van der Waals surface area contributed by atoms with E-state index in [0.717, 1.165) is 30.4 Å². The lowest BCUT2D eigenvalue weighted by Gasteiger charge is -2.40. The van der Waals surface area contributed by atoms with Crippen LogP contribution in [0.15, 0.2) is 48.5 Å². The van der Waals surface area contributed by atoms with Crippen LogP contribution in [-0.4, -0.2) is 30.2 Å². The summed E-state index contributed by atoms with van der Waals surface area (Å²) in [4.78, 5) is 14.6. The molecule has 2 N–H and O–H groups in total. The number of benzene rings is 2. The van der Waals surface area contributed by atoms with Crippen molar-refractivity contribution in [1.29, 1.82) is 0 Å². The van der Waals surface area contributed by atoms with Gasteiger partial charge in [0.25, 0.3) is 0 Å². The standard InChI is InChI=1S/C21H23FN2O2/c22-17-7-5-16(6-8-17)20-19-4-2-1-3-15(19)9-10-24(20)21(25)26-18-11-14(12-18)13-23/h1-8,14,18,20H,9-13,23H2/t14-,18+,20-/m0/s1. The van der Waals surface area contributed by atoms with Gasteiger partial charge in [0, 0.05) is 6.54 Å². The second-order valence-electron chi connectivity index (χ2n) is 7.18. The molecule has 1 atom stereocenters. The zero-order chi connectivity index (χ0) is 18.1. The van der Waals surface area contributed by atoms with Gasteiger partial charge in [-0.3, -0.25) is 4.90 Å². The monoisotopic (exact) mass is 354 g/mol.